The van der Waals surface area contributed by atoms with Crippen molar-refractivity contribution in [2.24, 2.45) is 0 Å². The molecule has 1 aliphatic heterocycles. The van der Waals surface area contributed by atoms with Gasteiger partial charge in [0.05, 0.1) is 23.7 Å². The molecule has 0 amide bonds. The average Bonchev–Trinajstić information content (AvgIpc) is 3.09. The van der Waals surface area contributed by atoms with Crippen LogP contribution >= 0.6 is 11.7 Å². The van der Waals surface area contributed by atoms with E-state index >= 15 is 0 Å². The third-order valence-electron chi connectivity index (χ3n) is 4.43. The van der Waals surface area contributed by atoms with Crippen molar-refractivity contribution in [3.05, 3.63) is 59.8 Å². The Bertz CT molecular complexity index is 1100. The molecule has 0 radical (unpaired) electrons. The Hall–Kier alpha value is -2.86. The molecule has 0 spiro atoms. The monoisotopic (exact) mass is 333 g/mol. The molecule has 116 valence electrons. The minimum absolute atomic E-state index is 0.109. The molecule has 0 bridgehead atoms. The summed E-state index contributed by atoms with van der Waals surface area (Å²) in [6, 6.07) is 13.6. The van der Waals surface area contributed by atoms with Crippen LogP contribution in [0.25, 0.3) is 21.9 Å². The second kappa shape index (κ2) is 5.07. The van der Waals surface area contributed by atoms with Crippen molar-refractivity contribution >= 4 is 39.6 Å². The van der Waals surface area contributed by atoms with Crippen LogP contribution in [0.3, 0.4) is 0 Å². The largest absolute Gasteiger partial charge is 0.426 e. The fourth-order valence-corrected chi connectivity index (χ4v) is 3.95. The molecule has 0 saturated heterocycles. The number of esters is 1. The molecular weight excluding hydrogens is 322 g/mol. The van der Waals surface area contributed by atoms with Crippen LogP contribution in [0.4, 0.5) is 0 Å². The molecule has 1 unspecified atom stereocenters. The van der Waals surface area contributed by atoms with E-state index in [1.165, 1.54) is 11.7 Å². The molecule has 1 atom stereocenters. The zero-order valence-corrected chi connectivity index (χ0v) is 13.3. The van der Waals surface area contributed by atoms with Gasteiger partial charge in [0.15, 0.2) is 0 Å². The lowest BCUT2D eigenvalue weighted by atomic mass is 9.84. The smallest absolute Gasteiger partial charge is 0.312 e. The van der Waals surface area contributed by atoms with E-state index < -0.39 is 0 Å². The Morgan fingerprint density at radius 3 is 2.92 bits per heavy atom. The first-order chi connectivity index (χ1) is 11.8. The molecule has 24 heavy (non-hydrogen) atoms. The second-order valence-corrected chi connectivity index (χ2v) is 6.29. The van der Waals surface area contributed by atoms with Crippen molar-refractivity contribution in [2.75, 3.05) is 0 Å². The van der Waals surface area contributed by atoms with Crippen molar-refractivity contribution in [1.82, 2.24) is 13.7 Å². The number of carbonyl (C=O) groups is 1. The number of carbonyl (C=O) groups excluding carboxylic acids is 1. The van der Waals surface area contributed by atoms with Gasteiger partial charge >= 0.3 is 5.97 Å². The fraction of sp³-hybridized carbons (Fsp3) is 0.111. The van der Waals surface area contributed by atoms with Gasteiger partial charge in [-0.1, -0.05) is 18.2 Å². The predicted molar refractivity (Wildman–Crippen MR) is 91.3 cm³/mol. The molecule has 2 aromatic carbocycles. The van der Waals surface area contributed by atoms with Gasteiger partial charge in [0.25, 0.3) is 0 Å². The number of hydrogen-bond donors (Lipinski definition) is 0. The van der Waals surface area contributed by atoms with Crippen LogP contribution in [-0.2, 0) is 4.79 Å². The van der Waals surface area contributed by atoms with E-state index in [4.69, 9.17) is 4.74 Å². The molecule has 6 heteroatoms. The predicted octanol–water partition coefficient (Wildman–Crippen LogP) is 3.68. The number of hydrogen-bond acceptors (Lipinski definition) is 6. The summed E-state index contributed by atoms with van der Waals surface area (Å²) < 4.78 is 14.2. The number of fused-ring (bicyclic) bond motifs is 4. The van der Waals surface area contributed by atoms with E-state index in [0.717, 1.165) is 33.1 Å². The van der Waals surface area contributed by atoms with E-state index in [-0.39, 0.29) is 18.3 Å². The van der Waals surface area contributed by atoms with Crippen molar-refractivity contribution in [2.45, 2.75) is 12.3 Å². The number of benzene rings is 2. The lowest BCUT2D eigenvalue weighted by Crippen LogP contribution is -2.21. The first-order valence-electron chi connectivity index (χ1n) is 7.61. The Labute approximate surface area is 141 Å². The van der Waals surface area contributed by atoms with Crippen molar-refractivity contribution < 1.29 is 9.53 Å². The normalized spacial score (nSPS) is 17.0. The van der Waals surface area contributed by atoms with Crippen LogP contribution in [0, 0.1) is 0 Å². The molecule has 5 rings (SSSR count). The van der Waals surface area contributed by atoms with Gasteiger partial charge in [0, 0.05) is 23.1 Å². The van der Waals surface area contributed by atoms with Gasteiger partial charge in [-0.05, 0) is 29.8 Å². The zero-order valence-electron chi connectivity index (χ0n) is 12.5. The summed E-state index contributed by atoms with van der Waals surface area (Å²) in [5.74, 6) is 0.245. The van der Waals surface area contributed by atoms with E-state index in [9.17, 15) is 4.79 Å². The van der Waals surface area contributed by atoms with Crippen LogP contribution < -0.4 is 4.74 Å². The summed E-state index contributed by atoms with van der Waals surface area (Å²) in [7, 11) is 0. The van der Waals surface area contributed by atoms with E-state index in [2.05, 4.69) is 13.7 Å². The molecule has 0 fully saturated rings. The molecule has 1 aliphatic rings. The van der Waals surface area contributed by atoms with Gasteiger partial charge in [0.1, 0.15) is 16.8 Å². The highest BCUT2D eigenvalue weighted by Crippen LogP contribution is 2.43. The van der Waals surface area contributed by atoms with Crippen LogP contribution in [0.15, 0.2) is 48.7 Å². The Morgan fingerprint density at radius 1 is 1.04 bits per heavy atom. The van der Waals surface area contributed by atoms with Crippen molar-refractivity contribution in [3.63, 3.8) is 0 Å². The number of rotatable bonds is 1. The average molecular weight is 333 g/mol. The van der Waals surface area contributed by atoms with E-state index in [1.54, 1.807) is 6.20 Å². The highest BCUT2D eigenvalue weighted by Gasteiger charge is 2.32. The number of aromatic nitrogens is 3. The number of para-hydroxylation sites is 1. The molecule has 0 saturated carbocycles. The molecular formula is C18H11N3O2S. The minimum Gasteiger partial charge on any atom is -0.426 e. The SMILES string of the molecule is O=C1CC(c2ccnc3ccccc23)c2c(ccc3nsnc23)O1. The number of pyridine rings is 1. The minimum atomic E-state index is -0.226. The molecule has 3 heterocycles. The molecule has 4 aromatic rings. The van der Waals surface area contributed by atoms with Gasteiger partial charge < -0.3 is 4.74 Å². The Morgan fingerprint density at radius 2 is 1.96 bits per heavy atom. The standard InChI is InChI=1S/C18H11N3O2S/c22-16-9-12(10-7-8-19-13-4-2-1-3-11(10)13)17-15(23-16)6-5-14-18(17)21-24-20-14/h1-8,12H,9H2. The quantitative estimate of drug-likeness (QED) is 0.393. The van der Waals surface area contributed by atoms with Crippen molar-refractivity contribution in [3.8, 4) is 5.75 Å². The number of ether oxygens (including phenoxy) is 1. The number of nitrogens with zero attached hydrogens (tertiary/aromatic N) is 3. The Kier molecular flexibility index (Phi) is 2.87. The summed E-state index contributed by atoms with van der Waals surface area (Å²) in [6.07, 6.45) is 2.08. The molecule has 0 aliphatic carbocycles. The van der Waals surface area contributed by atoms with Crippen LogP contribution in [0.5, 0.6) is 5.75 Å². The van der Waals surface area contributed by atoms with Crippen molar-refractivity contribution in [1.29, 1.82) is 0 Å². The van der Waals surface area contributed by atoms with Crippen LogP contribution in [-0.4, -0.2) is 19.7 Å². The Balaban J connectivity index is 1.83. The van der Waals surface area contributed by atoms with Gasteiger partial charge in [0.2, 0.25) is 0 Å². The first kappa shape index (κ1) is 13.6. The topological polar surface area (TPSA) is 65.0 Å². The lowest BCUT2D eigenvalue weighted by Gasteiger charge is -2.25. The van der Waals surface area contributed by atoms with Crippen LogP contribution in [0.1, 0.15) is 23.5 Å². The molecule has 5 nitrogen and oxygen atoms in total. The summed E-state index contributed by atoms with van der Waals surface area (Å²) in [5.41, 5.74) is 4.58. The van der Waals surface area contributed by atoms with Crippen LogP contribution in [0.2, 0.25) is 0 Å². The third-order valence-corrected chi connectivity index (χ3v) is 4.97. The summed E-state index contributed by atoms with van der Waals surface area (Å²) in [6.45, 7) is 0. The van der Waals surface area contributed by atoms with Gasteiger partial charge in [-0.25, -0.2) is 0 Å². The first-order valence-corrected chi connectivity index (χ1v) is 8.34. The maximum Gasteiger partial charge on any atom is 0.312 e. The summed E-state index contributed by atoms with van der Waals surface area (Å²) in [4.78, 5) is 16.6. The molecule has 2 aromatic heterocycles. The highest BCUT2D eigenvalue weighted by atomic mass is 32.1. The maximum atomic E-state index is 12.1. The summed E-state index contributed by atoms with van der Waals surface area (Å²) in [5, 5.41) is 1.05. The zero-order chi connectivity index (χ0) is 16.1. The maximum absolute atomic E-state index is 12.1. The highest BCUT2D eigenvalue weighted by molar-refractivity contribution is 7.00. The molecule has 0 N–H and O–H groups in total. The third kappa shape index (κ3) is 1.93. The lowest BCUT2D eigenvalue weighted by molar-refractivity contribution is -0.135. The van der Waals surface area contributed by atoms with Gasteiger partial charge in [-0.2, -0.15) is 8.75 Å². The van der Waals surface area contributed by atoms with E-state index in [0.29, 0.717) is 5.75 Å². The second-order valence-electron chi connectivity index (χ2n) is 5.76. The summed E-state index contributed by atoms with van der Waals surface area (Å²) >= 11 is 1.17. The van der Waals surface area contributed by atoms with Gasteiger partial charge in [-0.3, -0.25) is 9.78 Å². The van der Waals surface area contributed by atoms with E-state index in [1.807, 2.05) is 42.5 Å². The fourth-order valence-electron chi connectivity index (χ4n) is 3.40. The van der Waals surface area contributed by atoms with Gasteiger partial charge in [-0.15, -0.1) is 0 Å².